The predicted octanol–water partition coefficient (Wildman–Crippen LogP) is 5.66. The number of amides is 1. The minimum atomic E-state index is -0.0203. The first-order valence-electron chi connectivity index (χ1n) is 9.61. The van der Waals surface area contributed by atoms with Crippen LogP contribution in [0.3, 0.4) is 0 Å². The van der Waals surface area contributed by atoms with Crippen molar-refractivity contribution >= 4 is 48.5 Å². The lowest BCUT2D eigenvalue weighted by Crippen LogP contribution is -2.39. The number of halogens is 1. The van der Waals surface area contributed by atoms with Gasteiger partial charge in [0.25, 0.3) is 5.91 Å². The normalized spacial score (nSPS) is 11.4. The number of thiazole rings is 1. The Balaban J connectivity index is 2.02. The maximum Gasteiger partial charge on any atom is 0.261 e. The molecule has 1 aromatic heterocycles. The number of carbonyl (C=O) groups excluding carboxylic acids is 1. The number of rotatable bonds is 7. The second kappa shape index (κ2) is 9.16. The highest BCUT2D eigenvalue weighted by molar-refractivity contribution is 9.10. The summed E-state index contributed by atoms with van der Waals surface area (Å²) in [5, 5.41) is 0.761. The molecule has 0 saturated heterocycles. The van der Waals surface area contributed by atoms with Crippen LogP contribution in [0.1, 0.15) is 35.3 Å². The average molecular weight is 460 g/mol. The van der Waals surface area contributed by atoms with Crippen molar-refractivity contribution in [2.24, 2.45) is 0 Å². The van der Waals surface area contributed by atoms with E-state index < -0.39 is 0 Å². The van der Waals surface area contributed by atoms with Crippen molar-refractivity contribution in [3.05, 3.63) is 57.6 Å². The molecule has 0 aliphatic carbocycles. The lowest BCUT2D eigenvalue weighted by atomic mass is 10.1. The molecule has 0 atom stereocenters. The van der Waals surface area contributed by atoms with E-state index in [4.69, 9.17) is 4.98 Å². The van der Waals surface area contributed by atoms with E-state index in [0.29, 0.717) is 12.1 Å². The van der Waals surface area contributed by atoms with Crippen LogP contribution in [0.4, 0.5) is 5.13 Å². The number of aryl methyl sites for hydroxylation is 2. The van der Waals surface area contributed by atoms with Gasteiger partial charge in [-0.2, -0.15) is 0 Å². The molecule has 0 bridgehead atoms. The lowest BCUT2D eigenvalue weighted by Gasteiger charge is -2.25. The maximum atomic E-state index is 13.4. The summed E-state index contributed by atoms with van der Waals surface area (Å²) in [5.74, 6) is -0.0203. The van der Waals surface area contributed by atoms with E-state index in [0.717, 1.165) is 45.0 Å². The van der Waals surface area contributed by atoms with Crippen molar-refractivity contribution in [1.82, 2.24) is 9.88 Å². The van der Waals surface area contributed by atoms with Crippen molar-refractivity contribution in [3.8, 4) is 0 Å². The molecule has 1 heterocycles. The molecule has 1 amide bonds. The van der Waals surface area contributed by atoms with Crippen LogP contribution in [0.2, 0.25) is 0 Å². The number of anilines is 1. The number of nitrogens with zero attached hydrogens (tertiary/aromatic N) is 3. The van der Waals surface area contributed by atoms with Gasteiger partial charge in [0.2, 0.25) is 0 Å². The molecule has 2 aromatic carbocycles. The summed E-state index contributed by atoms with van der Waals surface area (Å²) in [5.41, 5.74) is 4.01. The van der Waals surface area contributed by atoms with Crippen molar-refractivity contribution in [1.29, 1.82) is 0 Å². The van der Waals surface area contributed by atoms with Crippen LogP contribution in [-0.4, -0.2) is 42.0 Å². The van der Waals surface area contributed by atoms with Gasteiger partial charge in [0.15, 0.2) is 5.13 Å². The lowest BCUT2D eigenvalue weighted by molar-refractivity contribution is 0.0983. The van der Waals surface area contributed by atoms with Gasteiger partial charge in [0.1, 0.15) is 0 Å². The van der Waals surface area contributed by atoms with Crippen LogP contribution in [0, 0.1) is 13.8 Å². The third-order valence-electron chi connectivity index (χ3n) is 4.93. The highest BCUT2D eigenvalue weighted by atomic mass is 79.9. The zero-order valence-electron chi connectivity index (χ0n) is 16.8. The Labute approximate surface area is 179 Å². The largest absolute Gasteiger partial charge is 0.302 e. The first kappa shape index (κ1) is 21.0. The summed E-state index contributed by atoms with van der Waals surface area (Å²) in [6, 6.07) is 11.9. The van der Waals surface area contributed by atoms with Gasteiger partial charge in [-0.05, 0) is 72.2 Å². The fourth-order valence-corrected chi connectivity index (χ4v) is 4.94. The smallest absolute Gasteiger partial charge is 0.261 e. The second-order valence-electron chi connectivity index (χ2n) is 6.89. The summed E-state index contributed by atoms with van der Waals surface area (Å²) >= 11 is 5.12. The van der Waals surface area contributed by atoms with Crippen molar-refractivity contribution < 1.29 is 4.79 Å². The third kappa shape index (κ3) is 4.45. The predicted molar refractivity (Wildman–Crippen MR) is 123 cm³/mol. The first-order chi connectivity index (χ1) is 13.4. The Hall–Kier alpha value is -1.76. The molecule has 6 heteroatoms. The van der Waals surface area contributed by atoms with Crippen LogP contribution >= 0.6 is 27.3 Å². The third-order valence-corrected chi connectivity index (χ3v) is 6.65. The highest BCUT2D eigenvalue weighted by Crippen LogP contribution is 2.33. The van der Waals surface area contributed by atoms with E-state index in [1.54, 1.807) is 11.3 Å². The molecular weight excluding hydrogens is 434 g/mol. The van der Waals surface area contributed by atoms with Gasteiger partial charge in [0.05, 0.1) is 15.8 Å². The molecule has 28 heavy (non-hydrogen) atoms. The monoisotopic (exact) mass is 459 g/mol. The molecule has 0 saturated carbocycles. The molecule has 3 rings (SSSR count). The molecule has 0 aliphatic rings. The molecule has 0 spiro atoms. The number of aromatic nitrogens is 1. The van der Waals surface area contributed by atoms with Crippen LogP contribution in [0.25, 0.3) is 10.2 Å². The fraction of sp³-hybridized carbons (Fsp3) is 0.364. The van der Waals surface area contributed by atoms with Crippen molar-refractivity contribution in [3.63, 3.8) is 0 Å². The van der Waals surface area contributed by atoms with Crippen molar-refractivity contribution in [2.75, 3.05) is 31.1 Å². The number of carbonyl (C=O) groups is 1. The fourth-order valence-electron chi connectivity index (χ4n) is 3.32. The molecule has 0 aliphatic heterocycles. The number of hydrogen-bond donors (Lipinski definition) is 0. The van der Waals surface area contributed by atoms with E-state index in [9.17, 15) is 4.79 Å². The second-order valence-corrected chi connectivity index (χ2v) is 8.75. The van der Waals surface area contributed by atoms with Crippen molar-refractivity contribution in [2.45, 2.75) is 27.7 Å². The van der Waals surface area contributed by atoms with Gasteiger partial charge < -0.3 is 4.90 Å². The Morgan fingerprint density at radius 1 is 1.11 bits per heavy atom. The highest BCUT2D eigenvalue weighted by Gasteiger charge is 2.23. The number of likely N-dealkylation sites (N-methyl/N-ethyl adjacent to an activating group) is 1. The van der Waals surface area contributed by atoms with E-state index in [1.807, 2.05) is 29.2 Å². The number of benzene rings is 2. The number of hydrogen-bond acceptors (Lipinski definition) is 4. The van der Waals surface area contributed by atoms with Gasteiger partial charge in [0, 0.05) is 17.6 Å². The van der Waals surface area contributed by atoms with Crippen LogP contribution < -0.4 is 4.90 Å². The molecule has 148 valence electrons. The molecule has 0 N–H and O–H groups in total. The van der Waals surface area contributed by atoms with Crippen LogP contribution in [0.15, 0.2) is 40.9 Å². The molecule has 4 nitrogen and oxygen atoms in total. The number of fused-ring (bicyclic) bond motifs is 1. The average Bonchev–Trinajstić information content (AvgIpc) is 3.09. The molecule has 0 radical (unpaired) electrons. The Morgan fingerprint density at radius 2 is 1.82 bits per heavy atom. The van der Waals surface area contributed by atoms with Gasteiger partial charge in [-0.1, -0.05) is 43.4 Å². The van der Waals surface area contributed by atoms with E-state index in [1.165, 1.54) is 5.56 Å². The molecular formula is C22H26BrN3OS. The zero-order valence-corrected chi connectivity index (χ0v) is 19.2. The summed E-state index contributed by atoms with van der Waals surface area (Å²) in [7, 11) is 0. The molecule has 0 fully saturated rings. The minimum absolute atomic E-state index is 0.0203. The topological polar surface area (TPSA) is 36.4 Å². The van der Waals surface area contributed by atoms with E-state index in [-0.39, 0.29) is 5.91 Å². The Morgan fingerprint density at radius 3 is 2.50 bits per heavy atom. The quantitative estimate of drug-likeness (QED) is 0.456. The van der Waals surface area contributed by atoms with Gasteiger partial charge in [-0.25, -0.2) is 4.98 Å². The standard InChI is InChI=1S/C22H26BrN3OS/c1-5-25(6-2)11-12-26(21(27)17-9-7-8-10-18(17)23)22-24-20-16(4)13-15(3)14-19(20)28-22/h7-10,13-14H,5-6,11-12H2,1-4H3. The van der Waals surface area contributed by atoms with Gasteiger partial charge >= 0.3 is 0 Å². The van der Waals surface area contributed by atoms with Gasteiger partial charge in [-0.15, -0.1) is 0 Å². The summed E-state index contributed by atoms with van der Waals surface area (Å²) in [6.07, 6.45) is 0. The Kier molecular flexibility index (Phi) is 6.86. The summed E-state index contributed by atoms with van der Waals surface area (Å²) < 4.78 is 1.93. The molecule has 3 aromatic rings. The van der Waals surface area contributed by atoms with Crippen LogP contribution in [-0.2, 0) is 0 Å². The SMILES string of the molecule is CCN(CC)CCN(C(=O)c1ccccc1Br)c1nc2c(C)cc(C)cc2s1. The van der Waals surface area contributed by atoms with Gasteiger partial charge in [-0.3, -0.25) is 9.69 Å². The first-order valence-corrected chi connectivity index (χ1v) is 11.2. The summed E-state index contributed by atoms with van der Waals surface area (Å²) in [6.45, 7) is 11.8. The van der Waals surface area contributed by atoms with E-state index in [2.05, 4.69) is 60.7 Å². The van der Waals surface area contributed by atoms with E-state index >= 15 is 0 Å². The molecule has 0 unspecified atom stereocenters. The zero-order chi connectivity index (χ0) is 20.3. The Bertz CT molecular complexity index is 981. The van der Waals surface area contributed by atoms with Crippen LogP contribution in [0.5, 0.6) is 0 Å². The maximum absolute atomic E-state index is 13.4. The summed E-state index contributed by atoms with van der Waals surface area (Å²) in [4.78, 5) is 22.4. The minimum Gasteiger partial charge on any atom is -0.302 e.